The van der Waals surface area contributed by atoms with Gasteiger partial charge in [-0.15, -0.1) is 0 Å². The molecule has 1 aromatic heterocycles. The van der Waals surface area contributed by atoms with E-state index in [0.29, 0.717) is 16.2 Å². The molecule has 3 nitrogen and oxygen atoms in total. The van der Waals surface area contributed by atoms with Gasteiger partial charge in [0.25, 0.3) is 0 Å². The Labute approximate surface area is 73.1 Å². The van der Waals surface area contributed by atoms with E-state index in [0.717, 1.165) is 5.76 Å². The van der Waals surface area contributed by atoms with Crippen LogP contribution in [0, 0.1) is 0 Å². The summed E-state index contributed by atoms with van der Waals surface area (Å²) in [5.74, 6) is 1.39. The molecule has 1 saturated carbocycles. The Morgan fingerprint density at radius 2 is 2.27 bits per heavy atom. The van der Waals surface area contributed by atoms with Crippen molar-refractivity contribution < 1.29 is 4.52 Å². The molecular weight excluding hydrogens is 208 g/mol. The van der Waals surface area contributed by atoms with E-state index in [1.165, 1.54) is 19.3 Å². The van der Waals surface area contributed by atoms with Gasteiger partial charge >= 0.3 is 0 Å². The minimum absolute atomic E-state index is 0.522. The predicted molar refractivity (Wildman–Crippen MR) is 45.2 cm³/mol. The topological polar surface area (TPSA) is 52.0 Å². The van der Waals surface area contributed by atoms with Crippen molar-refractivity contribution >= 4 is 21.6 Å². The lowest BCUT2D eigenvalue weighted by Gasteiger charge is -2.22. The van der Waals surface area contributed by atoms with E-state index in [1.807, 2.05) is 0 Å². The molecule has 0 radical (unpaired) electrons. The zero-order valence-corrected chi connectivity index (χ0v) is 7.60. The van der Waals surface area contributed by atoms with Gasteiger partial charge in [0, 0.05) is 5.92 Å². The largest absolute Gasteiger partial charge is 0.394 e. The van der Waals surface area contributed by atoms with Crippen molar-refractivity contribution in [2.45, 2.75) is 25.2 Å². The fourth-order valence-corrected chi connectivity index (χ4v) is 1.52. The molecule has 1 aromatic rings. The number of rotatable bonds is 1. The van der Waals surface area contributed by atoms with Gasteiger partial charge in [-0.1, -0.05) is 11.6 Å². The summed E-state index contributed by atoms with van der Waals surface area (Å²) in [5, 5.41) is 3.74. The summed E-state index contributed by atoms with van der Waals surface area (Å²) >= 11 is 3.21. The van der Waals surface area contributed by atoms with Crippen molar-refractivity contribution in [1.29, 1.82) is 0 Å². The van der Waals surface area contributed by atoms with Crippen molar-refractivity contribution in [2.75, 3.05) is 5.73 Å². The fraction of sp³-hybridized carbons (Fsp3) is 0.571. The minimum atomic E-state index is 0.522. The molecule has 0 saturated heterocycles. The zero-order chi connectivity index (χ0) is 7.84. The second kappa shape index (κ2) is 2.52. The molecule has 0 aromatic carbocycles. The van der Waals surface area contributed by atoms with Crippen molar-refractivity contribution in [2.24, 2.45) is 0 Å². The van der Waals surface area contributed by atoms with Crippen LogP contribution in [0.4, 0.5) is 5.69 Å². The molecule has 2 N–H and O–H groups in total. The molecule has 0 spiro atoms. The first-order chi connectivity index (χ1) is 5.29. The third kappa shape index (κ3) is 1.05. The maximum Gasteiger partial charge on any atom is 0.172 e. The number of nitrogen functional groups attached to an aromatic ring is 1. The highest BCUT2D eigenvalue weighted by Gasteiger charge is 2.26. The minimum Gasteiger partial charge on any atom is -0.394 e. The average Bonchev–Trinajstić information content (AvgIpc) is 2.15. The molecule has 0 amide bonds. The van der Waals surface area contributed by atoms with E-state index < -0.39 is 0 Å². The number of hydrogen-bond acceptors (Lipinski definition) is 3. The molecule has 1 aliphatic rings. The normalized spacial score (nSPS) is 18.3. The van der Waals surface area contributed by atoms with E-state index in [-0.39, 0.29) is 0 Å². The van der Waals surface area contributed by atoms with Crippen LogP contribution >= 0.6 is 15.9 Å². The van der Waals surface area contributed by atoms with Crippen LogP contribution in [0.2, 0.25) is 0 Å². The highest BCUT2D eigenvalue weighted by atomic mass is 79.9. The molecule has 1 heterocycles. The molecular formula is C7H9BrN2O. The molecule has 4 heteroatoms. The Morgan fingerprint density at radius 3 is 2.64 bits per heavy atom. The van der Waals surface area contributed by atoms with E-state index >= 15 is 0 Å². The van der Waals surface area contributed by atoms with Gasteiger partial charge in [0.05, 0.1) is 0 Å². The first-order valence-electron chi connectivity index (χ1n) is 3.69. The van der Waals surface area contributed by atoms with Crippen LogP contribution in [0.25, 0.3) is 0 Å². The smallest absolute Gasteiger partial charge is 0.172 e. The second-order valence-electron chi connectivity index (χ2n) is 2.88. The van der Waals surface area contributed by atoms with Crippen LogP contribution < -0.4 is 5.73 Å². The Hall–Kier alpha value is -0.510. The summed E-state index contributed by atoms with van der Waals surface area (Å²) < 4.78 is 5.72. The Morgan fingerprint density at radius 1 is 1.55 bits per heavy atom. The first kappa shape index (κ1) is 7.16. The van der Waals surface area contributed by atoms with Crippen molar-refractivity contribution in [3.8, 4) is 0 Å². The summed E-state index contributed by atoms with van der Waals surface area (Å²) in [7, 11) is 0. The van der Waals surface area contributed by atoms with Gasteiger partial charge in [-0.25, -0.2) is 0 Å². The van der Waals surface area contributed by atoms with Gasteiger partial charge in [0.1, 0.15) is 5.69 Å². The molecule has 0 atom stereocenters. The molecule has 1 aliphatic carbocycles. The molecule has 60 valence electrons. The quantitative estimate of drug-likeness (QED) is 0.784. The lowest BCUT2D eigenvalue weighted by molar-refractivity contribution is 0.300. The number of halogens is 1. The Bertz CT molecular complexity index is 267. The highest BCUT2D eigenvalue weighted by molar-refractivity contribution is 9.10. The Kier molecular flexibility index (Phi) is 1.64. The van der Waals surface area contributed by atoms with Crippen LogP contribution in [0.5, 0.6) is 0 Å². The van der Waals surface area contributed by atoms with Gasteiger partial charge < -0.3 is 10.3 Å². The number of anilines is 1. The van der Waals surface area contributed by atoms with Gasteiger partial charge in [0.15, 0.2) is 10.4 Å². The standard InChI is InChI=1S/C7H9BrN2O/c8-7-5(9)6(11-10-7)4-2-1-3-4/h4H,1-3,9H2. The number of hydrogen-bond donors (Lipinski definition) is 1. The van der Waals surface area contributed by atoms with Crippen molar-refractivity contribution in [3.05, 3.63) is 10.4 Å². The zero-order valence-electron chi connectivity index (χ0n) is 6.01. The van der Waals surface area contributed by atoms with Crippen LogP contribution in [0.3, 0.4) is 0 Å². The Balaban J connectivity index is 2.29. The maximum absolute atomic E-state index is 5.71. The van der Waals surface area contributed by atoms with Crippen LogP contribution in [-0.4, -0.2) is 5.16 Å². The van der Waals surface area contributed by atoms with Gasteiger partial charge in [0.2, 0.25) is 0 Å². The van der Waals surface area contributed by atoms with Crippen molar-refractivity contribution in [1.82, 2.24) is 5.16 Å². The third-order valence-electron chi connectivity index (χ3n) is 2.19. The molecule has 0 bridgehead atoms. The highest BCUT2D eigenvalue weighted by Crippen LogP contribution is 2.40. The lowest BCUT2D eigenvalue weighted by atomic mass is 9.83. The molecule has 1 fully saturated rings. The van der Waals surface area contributed by atoms with Gasteiger partial charge in [-0.3, -0.25) is 0 Å². The van der Waals surface area contributed by atoms with Crippen LogP contribution in [-0.2, 0) is 0 Å². The SMILES string of the molecule is Nc1c(Br)noc1C1CCC1. The number of aromatic nitrogens is 1. The molecule has 0 unspecified atom stereocenters. The van der Waals surface area contributed by atoms with E-state index in [4.69, 9.17) is 10.3 Å². The number of nitrogens with zero attached hydrogens (tertiary/aromatic N) is 1. The predicted octanol–water partition coefficient (Wildman–Crippen LogP) is 2.29. The monoisotopic (exact) mass is 216 g/mol. The maximum atomic E-state index is 5.71. The van der Waals surface area contributed by atoms with Crippen LogP contribution in [0.1, 0.15) is 30.9 Å². The van der Waals surface area contributed by atoms with E-state index in [9.17, 15) is 0 Å². The summed E-state index contributed by atoms with van der Waals surface area (Å²) in [5.41, 5.74) is 6.39. The summed E-state index contributed by atoms with van der Waals surface area (Å²) in [6.07, 6.45) is 3.65. The van der Waals surface area contributed by atoms with Gasteiger partial charge in [-0.2, -0.15) is 0 Å². The average molecular weight is 217 g/mol. The third-order valence-corrected chi connectivity index (χ3v) is 2.76. The summed E-state index contributed by atoms with van der Waals surface area (Å²) in [6, 6.07) is 0. The van der Waals surface area contributed by atoms with Gasteiger partial charge in [-0.05, 0) is 28.8 Å². The summed E-state index contributed by atoms with van der Waals surface area (Å²) in [4.78, 5) is 0. The molecule has 0 aliphatic heterocycles. The molecule has 11 heavy (non-hydrogen) atoms. The van der Waals surface area contributed by atoms with E-state index in [1.54, 1.807) is 0 Å². The first-order valence-corrected chi connectivity index (χ1v) is 4.49. The number of nitrogens with two attached hydrogens (primary N) is 1. The second-order valence-corrected chi connectivity index (χ2v) is 3.63. The fourth-order valence-electron chi connectivity index (χ4n) is 1.25. The van der Waals surface area contributed by atoms with Crippen molar-refractivity contribution in [3.63, 3.8) is 0 Å². The summed E-state index contributed by atoms with van der Waals surface area (Å²) in [6.45, 7) is 0. The van der Waals surface area contributed by atoms with E-state index in [2.05, 4.69) is 21.1 Å². The lowest BCUT2D eigenvalue weighted by Crippen LogP contribution is -2.09. The molecule has 2 rings (SSSR count). The van der Waals surface area contributed by atoms with Crippen LogP contribution in [0.15, 0.2) is 9.13 Å².